The summed E-state index contributed by atoms with van der Waals surface area (Å²) < 4.78 is 33.7. The molecule has 1 aliphatic rings. The third-order valence-electron chi connectivity index (χ3n) is 4.23. The lowest BCUT2D eigenvalue weighted by Crippen LogP contribution is -2.30. The molecule has 0 radical (unpaired) electrons. The lowest BCUT2D eigenvalue weighted by atomic mass is 10.0. The van der Waals surface area contributed by atoms with E-state index in [0.717, 1.165) is 25.9 Å². The molecule has 2 N–H and O–H groups in total. The second-order valence-corrected chi connectivity index (χ2v) is 7.00. The van der Waals surface area contributed by atoms with E-state index in [4.69, 9.17) is 4.91 Å². The van der Waals surface area contributed by atoms with Gasteiger partial charge in [0, 0.05) is 29.4 Å². The fourth-order valence-corrected chi connectivity index (χ4v) is 3.00. The maximum atomic E-state index is 10.7. The van der Waals surface area contributed by atoms with Crippen LogP contribution in [0.3, 0.4) is 0 Å². The number of hydrogen-bond donors (Lipinski definition) is 2. The van der Waals surface area contributed by atoms with E-state index in [9.17, 15) is 13.2 Å². The van der Waals surface area contributed by atoms with Gasteiger partial charge >= 0.3 is 5.51 Å². The Bertz CT molecular complexity index is 726. The van der Waals surface area contributed by atoms with Crippen molar-refractivity contribution < 1.29 is 13.2 Å². The van der Waals surface area contributed by atoms with Crippen LogP contribution in [0.1, 0.15) is 23.1 Å². The minimum Gasteiger partial charge on any atom is -0.381 e. The zero-order valence-electron chi connectivity index (χ0n) is 14.9. The maximum absolute atomic E-state index is 10.7. The van der Waals surface area contributed by atoms with Gasteiger partial charge in [-0.25, -0.2) is 0 Å². The Labute approximate surface area is 161 Å². The van der Waals surface area contributed by atoms with Crippen molar-refractivity contribution >= 4 is 17.6 Å². The minimum atomic E-state index is -4.51. The highest BCUT2D eigenvalue weighted by molar-refractivity contribution is 7.98. The van der Waals surface area contributed by atoms with E-state index in [1.807, 2.05) is 0 Å². The highest BCUT2D eigenvalue weighted by atomic mass is 32.2. The van der Waals surface area contributed by atoms with Crippen molar-refractivity contribution in [3.8, 4) is 0 Å². The summed E-state index contributed by atoms with van der Waals surface area (Å²) in [5.74, 6) is 0. The van der Waals surface area contributed by atoms with E-state index in [1.165, 1.54) is 22.4 Å². The quantitative estimate of drug-likeness (QED) is 0.533. The molecule has 0 saturated heterocycles. The summed E-state index contributed by atoms with van der Waals surface area (Å²) >= 11 is -0.942. The highest BCUT2D eigenvalue weighted by Gasteiger charge is 2.29. The summed E-state index contributed by atoms with van der Waals surface area (Å²) in [5.41, 5.74) is 0.985. The average Bonchev–Trinajstić information content (AvgIpc) is 2.83. The van der Waals surface area contributed by atoms with E-state index in [1.54, 1.807) is 4.58 Å². The van der Waals surface area contributed by atoms with Gasteiger partial charge in [-0.15, -0.1) is 4.91 Å². The molecular weight excluding hydrogens is 375 g/mol. The number of nitroso groups, excluding NO2 is 1. The summed E-state index contributed by atoms with van der Waals surface area (Å²) in [6.07, 6.45) is 2.28. The van der Waals surface area contributed by atoms with Gasteiger partial charge in [0.1, 0.15) is 11.9 Å². The first-order valence-corrected chi connectivity index (χ1v) is 9.33. The van der Waals surface area contributed by atoms with Crippen molar-refractivity contribution in [3.63, 3.8) is 0 Å². The molecule has 0 fully saturated rings. The number of nitrogens with zero attached hydrogens (tertiary/aromatic N) is 1. The normalized spacial score (nSPS) is 16.2. The Morgan fingerprint density at radius 2 is 1.89 bits per heavy atom. The molecule has 0 amide bonds. The van der Waals surface area contributed by atoms with Gasteiger partial charge in [-0.2, -0.15) is 13.2 Å². The van der Waals surface area contributed by atoms with Crippen LogP contribution in [0, 0.1) is 11.8 Å². The van der Waals surface area contributed by atoms with Gasteiger partial charge < -0.3 is 10.6 Å². The number of anilines is 1. The SMILES string of the molecule is Cc1cccc2c1CNCC(CCc1ccccc1)N2.O=NSC(F)(F)F. The standard InChI is InChI=1S/C18H22N2.CF3NOS/c1-14-6-5-9-18-17(14)13-19-12-16(20-18)11-10-15-7-3-2-4-8-15;2-1(3,4)7-5-6/h2-9,16,19-20H,10-13H2,1H3;. The molecule has 0 saturated carbocycles. The molecule has 8 heteroatoms. The first kappa shape index (κ1) is 21.2. The summed E-state index contributed by atoms with van der Waals surface area (Å²) in [4.78, 5) is 8.81. The van der Waals surface area contributed by atoms with Crippen LogP contribution in [0.15, 0.2) is 53.1 Å². The molecule has 4 nitrogen and oxygen atoms in total. The van der Waals surface area contributed by atoms with Gasteiger partial charge in [0.05, 0.1) is 0 Å². The summed E-state index contributed by atoms with van der Waals surface area (Å²) in [5, 5.41) is 7.28. The van der Waals surface area contributed by atoms with Gasteiger partial charge in [0.15, 0.2) is 0 Å². The first-order valence-electron chi connectivity index (χ1n) is 8.56. The van der Waals surface area contributed by atoms with Crippen LogP contribution in [-0.2, 0) is 13.0 Å². The van der Waals surface area contributed by atoms with Crippen LogP contribution in [0.5, 0.6) is 0 Å². The molecule has 0 aromatic heterocycles. The lowest BCUT2D eigenvalue weighted by Gasteiger charge is -2.18. The van der Waals surface area contributed by atoms with E-state index in [0.29, 0.717) is 6.04 Å². The number of alkyl halides is 3. The molecule has 1 aliphatic heterocycles. The molecule has 146 valence electrons. The predicted molar refractivity (Wildman–Crippen MR) is 105 cm³/mol. The monoisotopic (exact) mass is 397 g/mol. The van der Waals surface area contributed by atoms with Gasteiger partial charge in [0.2, 0.25) is 0 Å². The number of benzene rings is 2. The third kappa shape index (κ3) is 7.60. The third-order valence-corrected chi connectivity index (χ3v) is 4.51. The maximum Gasteiger partial charge on any atom is 0.466 e. The fourth-order valence-electron chi connectivity index (χ4n) is 2.92. The summed E-state index contributed by atoms with van der Waals surface area (Å²) in [7, 11) is 0. The van der Waals surface area contributed by atoms with Gasteiger partial charge in [-0.3, -0.25) is 0 Å². The number of halogens is 3. The zero-order chi connectivity index (χ0) is 19.7. The van der Waals surface area contributed by atoms with Crippen molar-refractivity contribution in [2.24, 2.45) is 4.58 Å². The molecule has 0 spiro atoms. The summed E-state index contributed by atoms with van der Waals surface area (Å²) in [6, 6.07) is 17.8. The number of aryl methyl sites for hydroxylation is 2. The zero-order valence-corrected chi connectivity index (χ0v) is 15.7. The van der Waals surface area contributed by atoms with Crippen molar-refractivity contribution in [2.75, 3.05) is 11.9 Å². The molecular formula is C19H22F3N3OS. The highest BCUT2D eigenvalue weighted by Crippen LogP contribution is 2.30. The molecule has 0 bridgehead atoms. The van der Waals surface area contributed by atoms with Crippen molar-refractivity contribution in [2.45, 2.75) is 37.9 Å². The second kappa shape index (κ2) is 10.3. The average molecular weight is 397 g/mol. The molecule has 1 unspecified atom stereocenters. The van der Waals surface area contributed by atoms with E-state index in [-0.39, 0.29) is 0 Å². The fraction of sp³-hybridized carbons (Fsp3) is 0.368. The second-order valence-electron chi connectivity index (χ2n) is 6.21. The van der Waals surface area contributed by atoms with E-state index >= 15 is 0 Å². The Kier molecular flexibility index (Phi) is 8.12. The number of rotatable bonds is 4. The molecule has 1 heterocycles. The van der Waals surface area contributed by atoms with Gasteiger partial charge in [0.25, 0.3) is 0 Å². The predicted octanol–water partition coefficient (Wildman–Crippen LogP) is 5.43. The number of hydrogen-bond acceptors (Lipinski definition) is 5. The van der Waals surface area contributed by atoms with E-state index in [2.05, 4.69) is 66.1 Å². The van der Waals surface area contributed by atoms with Crippen molar-refractivity contribution in [1.29, 1.82) is 0 Å². The summed E-state index contributed by atoms with van der Waals surface area (Å²) in [6.45, 7) is 4.18. The minimum absolute atomic E-state index is 0.498. The van der Waals surface area contributed by atoms with Crippen LogP contribution in [0.4, 0.5) is 18.9 Å². The molecule has 0 aliphatic carbocycles. The molecule has 27 heavy (non-hydrogen) atoms. The van der Waals surface area contributed by atoms with Crippen LogP contribution in [0.2, 0.25) is 0 Å². The van der Waals surface area contributed by atoms with Crippen LogP contribution < -0.4 is 10.6 Å². The number of nitrogens with one attached hydrogen (secondary N) is 2. The molecule has 2 aromatic rings. The molecule has 2 aromatic carbocycles. The first-order chi connectivity index (χ1) is 12.9. The smallest absolute Gasteiger partial charge is 0.381 e. The van der Waals surface area contributed by atoms with Crippen molar-refractivity contribution in [3.05, 3.63) is 70.1 Å². The Balaban J connectivity index is 0.000000321. The number of fused-ring (bicyclic) bond motifs is 1. The Hall–Kier alpha value is -2.06. The van der Waals surface area contributed by atoms with Crippen LogP contribution >= 0.6 is 11.9 Å². The van der Waals surface area contributed by atoms with Crippen LogP contribution in [0.25, 0.3) is 0 Å². The molecule has 1 atom stereocenters. The topological polar surface area (TPSA) is 53.5 Å². The van der Waals surface area contributed by atoms with Gasteiger partial charge in [-0.1, -0.05) is 42.5 Å². The van der Waals surface area contributed by atoms with Gasteiger partial charge in [-0.05, 0) is 42.5 Å². The van der Waals surface area contributed by atoms with Crippen LogP contribution in [-0.4, -0.2) is 18.1 Å². The largest absolute Gasteiger partial charge is 0.466 e. The van der Waals surface area contributed by atoms with Crippen molar-refractivity contribution in [1.82, 2.24) is 5.32 Å². The lowest BCUT2D eigenvalue weighted by molar-refractivity contribution is -0.0327. The van der Waals surface area contributed by atoms with E-state index < -0.39 is 17.5 Å². The Morgan fingerprint density at radius 1 is 1.15 bits per heavy atom. The molecule has 3 rings (SSSR count). The Morgan fingerprint density at radius 3 is 2.52 bits per heavy atom.